The summed E-state index contributed by atoms with van der Waals surface area (Å²) in [7, 11) is 2.65. The largest absolute Gasteiger partial charge is 0.294 e. The lowest BCUT2D eigenvalue weighted by molar-refractivity contribution is 0.0980. The van der Waals surface area contributed by atoms with Crippen molar-refractivity contribution < 1.29 is 4.79 Å². The molecule has 0 spiro atoms. The van der Waals surface area contributed by atoms with Gasteiger partial charge in [0.1, 0.15) is 0 Å². The number of carbonyl (C=O) groups excluding carboxylic acids is 1. The summed E-state index contributed by atoms with van der Waals surface area (Å²) in [5, 5.41) is 0.958. The van der Waals surface area contributed by atoms with Crippen LogP contribution in [-0.4, -0.2) is 11.4 Å². The predicted molar refractivity (Wildman–Crippen MR) is 74.2 cm³/mol. The Hall–Kier alpha value is 0.190. The monoisotopic (exact) mass is 296 g/mol. The highest BCUT2D eigenvalue weighted by molar-refractivity contribution is 7.17. The molecule has 0 aliphatic carbocycles. The predicted octanol–water partition coefficient (Wildman–Crippen LogP) is 4.87. The van der Waals surface area contributed by atoms with Gasteiger partial charge in [0.2, 0.25) is 0 Å². The Balaban J connectivity index is 2.95. The number of Topliss-reactive ketones (excluding diaryl/α,β-unsaturated/α-hetero) is 1. The minimum Gasteiger partial charge on any atom is -0.294 e. The SMILES string of the molecule is CC(P)CCC(=O)c1c(Cl)ccc(Cl)c1Cl. The Bertz CT molecular complexity index is 404. The Kier molecular flexibility index (Phi) is 5.53. The van der Waals surface area contributed by atoms with Gasteiger partial charge in [0.05, 0.1) is 20.6 Å². The summed E-state index contributed by atoms with van der Waals surface area (Å²) in [5.74, 6) is -0.0631. The summed E-state index contributed by atoms with van der Waals surface area (Å²) >= 11 is 17.8. The van der Waals surface area contributed by atoms with E-state index in [0.717, 1.165) is 6.42 Å². The number of hydrogen-bond donors (Lipinski definition) is 0. The van der Waals surface area contributed by atoms with Crippen molar-refractivity contribution in [3.63, 3.8) is 0 Å². The molecule has 0 N–H and O–H groups in total. The van der Waals surface area contributed by atoms with E-state index < -0.39 is 0 Å². The number of carbonyl (C=O) groups is 1. The first kappa shape index (κ1) is 14.3. The number of benzene rings is 1. The van der Waals surface area contributed by atoms with Crippen LogP contribution in [0.4, 0.5) is 0 Å². The fraction of sp³-hybridized carbons (Fsp3) is 0.364. The van der Waals surface area contributed by atoms with Crippen molar-refractivity contribution in [2.45, 2.75) is 25.4 Å². The van der Waals surface area contributed by atoms with Gasteiger partial charge in [-0.25, -0.2) is 0 Å². The van der Waals surface area contributed by atoms with Gasteiger partial charge >= 0.3 is 0 Å². The van der Waals surface area contributed by atoms with Gasteiger partial charge in [-0.2, -0.15) is 0 Å². The molecule has 1 rings (SSSR count). The fourth-order valence-electron chi connectivity index (χ4n) is 1.27. The van der Waals surface area contributed by atoms with Gasteiger partial charge < -0.3 is 0 Å². The third-order valence-corrected chi connectivity index (χ3v) is 3.60. The average molecular weight is 298 g/mol. The molecule has 0 heterocycles. The highest BCUT2D eigenvalue weighted by Crippen LogP contribution is 2.32. The first-order valence-corrected chi connectivity index (χ1v) is 6.65. The zero-order valence-electron chi connectivity index (χ0n) is 8.77. The van der Waals surface area contributed by atoms with Gasteiger partial charge in [0.15, 0.2) is 5.78 Å². The van der Waals surface area contributed by atoms with Crippen LogP contribution in [0, 0.1) is 0 Å². The Morgan fingerprint density at radius 2 is 1.88 bits per heavy atom. The lowest BCUT2D eigenvalue weighted by Crippen LogP contribution is -2.04. The highest BCUT2D eigenvalue weighted by Gasteiger charge is 2.17. The maximum absolute atomic E-state index is 11.9. The molecule has 1 nitrogen and oxygen atoms in total. The first-order chi connectivity index (χ1) is 7.43. The topological polar surface area (TPSA) is 17.1 Å². The molecule has 88 valence electrons. The molecule has 2 atom stereocenters. The zero-order valence-corrected chi connectivity index (χ0v) is 12.2. The van der Waals surface area contributed by atoms with E-state index in [-0.39, 0.29) is 10.8 Å². The summed E-state index contributed by atoms with van der Waals surface area (Å²) < 4.78 is 0. The van der Waals surface area contributed by atoms with Crippen molar-refractivity contribution in [2.75, 3.05) is 0 Å². The molecule has 0 aliphatic rings. The molecule has 16 heavy (non-hydrogen) atoms. The van der Waals surface area contributed by atoms with Gasteiger partial charge in [0.25, 0.3) is 0 Å². The average Bonchev–Trinajstić information content (AvgIpc) is 2.21. The van der Waals surface area contributed by atoms with Crippen LogP contribution in [0.5, 0.6) is 0 Å². The summed E-state index contributed by atoms with van der Waals surface area (Å²) in [6.45, 7) is 2.03. The van der Waals surface area contributed by atoms with E-state index in [1.165, 1.54) is 0 Å². The van der Waals surface area contributed by atoms with E-state index in [1.54, 1.807) is 12.1 Å². The zero-order chi connectivity index (χ0) is 12.3. The number of hydrogen-bond acceptors (Lipinski definition) is 1. The summed E-state index contributed by atoms with van der Waals surface area (Å²) in [5.41, 5.74) is 0.724. The third kappa shape index (κ3) is 3.60. The molecule has 1 aromatic rings. The minimum absolute atomic E-state index is 0.0631. The first-order valence-electron chi connectivity index (χ1n) is 4.85. The van der Waals surface area contributed by atoms with Crippen LogP contribution >= 0.6 is 44.0 Å². The lowest BCUT2D eigenvalue weighted by Gasteiger charge is -2.08. The highest BCUT2D eigenvalue weighted by atomic mass is 35.5. The second-order valence-corrected chi connectivity index (χ2v) is 5.99. The summed E-state index contributed by atoms with van der Waals surface area (Å²) in [4.78, 5) is 11.9. The molecule has 0 aromatic heterocycles. The Labute approximate surface area is 113 Å². The van der Waals surface area contributed by atoms with Crippen LogP contribution in [0.2, 0.25) is 15.1 Å². The van der Waals surface area contributed by atoms with Crippen molar-refractivity contribution in [2.24, 2.45) is 0 Å². The van der Waals surface area contributed by atoms with Crippen LogP contribution in [0.1, 0.15) is 30.1 Å². The van der Waals surface area contributed by atoms with Crippen LogP contribution in [0.3, 0.4) is 0 Å². The molecular formula is C11H12Cl3OP. The molecule has 1 aromatic carbocycles. The number of halogens is 3. The fourth-order valence-corrected chi connectivity index (χ4v) is 2.17. The van der Waals surface area contributed by atoms with Crippen LogP contribution in [0.15, 0.2) is 12.1 Å². The second-order valence-electron chi connectivity index (χ2n) is 3.66. The van der Waals surface area contributed by atoms with Crippen molar-refractivity contribution in [1.29, 1.82) is 0 Å². The Morgan fingerprint density at radius 1 is 1.31 bits per heavy atom. The van der Waals surface area contributed by atoms with Gasteiger partial charge in [0, 0.05) is 6.42 Å². The van der Waals surface area contributed by atoms with Gasteiger partial charge in [-0.1, -0.05) is 41.7 Å². The number of rotatable bonds is 4. The molecule has 0 aliphatic heterocycles. The molecule has 0 bridgehead atoms. The summed E-state index contributed by atoms with van der Waals surface area (Å²) in [6.07, 6.45) is 1.20. The maximum Gasteiger partial charge on any atom is 0.165 e. The van der Waals surface area contributed by atoms with Gasteiger partial charge in [-0.3, -0.25) is 4.79 Å². The quantitative estimate of drug-likeness (QED) is 0.440. The lowest BCUT2D eigenvalue weighted by atomic mass is 10.1. The van der Waals surface area contributed by atoms with Crippen LogP contribution < -0.4 is 0 Å². The van der Waals surface area contributed by atoms with E-state index in [2.05, 4.69) is 9.24 Å². The van der Waals surface area contributed by atoms with Crippen LogP contribution in [-0.2, 0) is 0 Å². The second kappa shape index (κ2) is 6.21. The molecule has 0 amide bonds. The molecule has 5 heteroatoms. The normalized spacial score (nSPS) is 12.6. The van der Waals surface area contributed by atoms with Crippen molar-refractivity contribution in [3.8, 4) is 0 Å². The third-order valence-electron chi connectivity index (χ3n) is 2.15. The summed E-state index contributed by atoms with van der Waals surface area (Å²) in [6, 6.07) is 3.18. The Morgan fingerprint density at radius 3 is 2.44 bits per heavy atom. The van der Waals surface area contributed by atoms with Gasteiger partial charge in [-0.05, 0) is 24.2 Å². The standard InChI is InChI=1S/C11H12Cl3OP/c1-6(16)2-5-9(15)10-7(12)3-4-8(13)11(10)14/h3-4,6H,2,5,16H2,1H3. The van der Waals surface area contributed by atoms with E-state index in [1.807, 2.05) is 6.92 Å². The molecule has 0 fully saturated rings. The van der Waals surface area contributed by atoms with Crippen molar-refractivity contribution in [1.82, 2.24) is 0 Å². The van der Waals surface area contributed by atoms with Crippen molar-refractivity contribution in [3.05, 3.63) is 32.8 Å². The van der Waals surface area contributed by atoms with E-state index in [0.29, 0.717) is 27.7 Å². The molecule has 0 radical (unpaired) electrons. The minimum atomic E-state index is -0.0631. The van der Waals surface area contributed by atoms with E-state index in [9.17, 15) is 4.79 Å². The number of ketones is 1. The molecule has 0 saturated heterocycles. The molecule has 0 saturated carbocycles. The van der Waals surface area contributed by atoms with Crippen molar-refractivity contribution >= 4 is 49.8 Å². The van der Waals surface area contributed by atoms with Gasteiger partial charge in [-0.15, -0.1) is 9.24 Å². The molecule has 2 unspecified atom stereocenters. The maximum atomic E-state index is 11.9. The van der Waals surface area contributed by atoms with Crippen LogP contribution in [0.25, 0.3) is 0 Å². The smallest absolute Gasteiger partial charge is 0.165 e. The van der Waals surface area contributed by atoms with E-state index >= 15 is 0 Å². The van der Waals surface area contributed by atoms with E-state index in [4.69, 9.17) is 34.8 Å². The molecular weight excluding hydrogens is 285 g/mol.